The van der Waals surface area contributed by atoms with Gasteiger partial charge >= 0.3 is 5.97 Å². The number of nitrogens with two attached hydrogens (primary N) is 1. The highest BCUT2D eigenvalue weighted by atomic mass is 35.5. The zero-order valence-electron chi connectivity index (χ0n) is 14.5. The molecular formula is C19H15ClN6O2. The number of rotatable bonds is 5. The van der Waals surface area contributed by atoms with Gasteiger partial charge in [0.25, 0.3) is 0 Å². The Bertz CT molecular complexity index is 1140. The number of hydrogen-bond donors (Lipinski definition) is 3. The molecule has 4 N–H and O–H groups in total. The summed E-state index contributed by atoms with van der Waals surface area (Å²) in [5.41, 5.74) is 7.77. The van der Waals surface area contributed by atoms with Crippen molar-refractivity contribution in [3.63, 3.8) is 0 Å². The summed E-state index contributed by atoms with van der Waals surface area (Å²) >= 11 is 5.87. The summed E-state index contributed by atoms with van der Waals surface area (Å²) in [5, 5.41) is 4.41. The molecule has 0 aliphatic rings. The van der Waals surface area contributed by atoms with E-state index in [9.17, 15) is 4.79 Å². The predicted octanol–water partition coefficient (Wildman–Crippen LogP) is 3.69. The smallest absolute Gasteiger partial charge is 0.340 e. The van der Waals surface area contributed by atoms with E-state index < -0.39 is 5.97 Å². The average Bonchev–Trinajstić information content (AvgIpc) is 3.12. The van der Waals surface area contributed by atoms with Crippen LogP contribution in [-0.4, -0.2) is 25.9 Å². The molecule has 9 heteroatoms. The van der Waals surface area contributed by atoms with E-state index >= 15 is 0 Å². The van der Waals surface area contributed by atoms with Crippen molar-refractivity contribution in [3.8, 4) is 0 Å². The predicted molar refractivity (Wildman–Crippen MR) is 106 cm³/mol. The van der Waals surface area contributed by atoms with Gasteiger partial charge in [-0.05, 0) is 30.3 Å². The van der Waals surface area contributed by atoms with Crippen LogP contribution in [0, 0.1) is 0 Å². The molecule has 140 valence electrons. The first-order valence-electron chi connectivity index (χ1n) is 8.35. The lowest BCUT2D eigenvalue weighted by Crippen LogP contribution is -2.11. The van der Waals surface area contributed by atoms with E-state index in [0.717, 1.165) is 16.6 Å². The third kappa shape index (κ3) is 3.86. The molecular weight excluding hydrogens is 380 g/mol. The van der Waals surface area contributed by atoms with Crippen molar-refractivity contribution in [2.75, 3.05) is 11.1 Å². The molecule has 0 spiro atoms. The fraction of sp³-hybridized carbons (Fsp3) is 0.0526. The third-order valence-corrected chi connectivity index (χ3v) is 4.19. The molecule has 0 aliphatic heterocycles. The minimum absolute atomic E-state index is 0.0182. The van der Waals surface area contributed by atoms with Gasteiger partial charge in [-0.25, -0.2) is 4.79 Å². The number of nitrogens with zero attached hydrogens (tertiary/aromatic N) is 3. The molecule has 0 amide bonds. The Kier molecular flexibility index (Phi) is 4.77. The second-order valence-electron chi connectivity index (χ2n) is 5.89. The highest BCUT2D eigenvalue weighted by molar-refractivity contribution is 6.30. The van der Waals surface area contributed by atoms with Crippen molar-refractivity contribution in [1.82, 2.24) is 19.9 Å². The van der Waals surface area contributed by atoms with Gasteiger partial charge in [0.1, 0.15) is 0 Å². The number of halogens is 1. The van der Waals surface area contributed by atoms with Crippen LogP contribution in [0.4, 0.5) is 17.6 Å². The van der Waals surface area contributed by atoms with Crippen LogP contribution in [0.3, 0.4) is 0 Å². The van der Waals surface area contributed by atoms with Crippen molar-refractivity contribution in [1.29, 1.82) is 0 Å². The molecule has 0 radical (unpaired) electrons. The molecule has 8 nitrogen and oxygen atoms in total. The Hall–Kier alpha value is -3.65. The molecule has 4 aromatic rings. The van der Waals surface area contributed by atoms with E-state index in [0.29, 0.717) is 10.6 Å². The Morgan fingerprint density at radius 2 is 1.89 bits per heavy atom. The number of carbonyl (C=O) groups is 1. The van der Waals surface area contributed by atoms with E-state index in [4.69, 9.17) is 22.1 Å². The minimum Gasteiger partial charge on any atom is -0.454 e. The normalized spacial score (nSPS) is 10.8. The summed E-state index contributed by atoms with van der Waals surface area (Å²) in [7, 11) is 0. The molecule has 0 saturated carbocycles. The van der Waals surface area contributed by atoms with Crippen molar-refractivity contribution >= 4 is 46.1 Å². The molecule has 0 aliphatic carbocycles. The minimum atomic E-state index is -0.483. The lowest BCUT2D eigenvalue weighted by Gasteiger charge is -2.08. The Labute approximate surface area is 164 Å². The zero-order valence-corrected chi connectivity index (χ0v) is 15.3. The first kappa shape index (κ1) is 17.7. The first-order valence-corrected chi connectivity index (χ1v) is 8.72. The number of para-hydroxylation sites is 1. The maximum atomic E-state index is 12.4. The van der Waals surface area contributed by atoms with Gasteiger partial charge in [0.05, 0.1) is 5.56 Å². The Morgan fingerprint density at radius 1 is 1.11 bits per heavy atom. The lowest BCUT2D eigenvalue weighted by molar-refractivity contribution is 0.0464. The van der Waals surface area contributed by atoms with E-state index in [1.165, 1.54) is 0 Å². The van der Waals surface area contributed by atoms with Crippen molar-refractivity contribution in [2.45, 2.75) is 6.61 Å². The van der Waals surface area contributed by atoms with Gasteiger partial charge in [0.2, 0.25) is 11.9 Å². The number of ether oxygens (including phenoxy) is 1. The number of nitrogens with one attached hydrogen (secondary N) is 2. The average molecular weight is 395 g/mol. The molecule has 28 heavy (non-hydrogen) atoms. The summed E-state index contributed by atoms with van der Waals surface area (Å²) in [6.45, 7) is -0.139. The fourth-order valence-electron chi connectivity index (χ4n) is 2.67. The van der Waals surface area contributed by atoms with Gasteiger partial charge in [-0.1, -0.05) is 29.8 Å². The highest BCUT2D eigenvalue weighted by Gasteiger charge is 2.14. The van der Waals surface area contributed by atoms with Crippen LogP contribution in [0.1, 0.15) is 16.2 Å². The number of aromatic nitrogens is 4. The number of aromatic amines is 1. The standard InChI is InChI=1S/C19H15ClN6O2/c20-11-5-7-12(8-6-11)23-19-25-16(24-18(21)26-19)10-28-17(27)14-9-22-15-4-2-1-3-13(14)15/h1-9,22H,10H2,(H3,21,23,24,25,26). The number of benzene rings is 2. The maximum absolute atomic E-state index is 12.4. The van der Waals surface area contributed by atoms with Gasteiger partial charge in [-0.15, -0.1) is 0 Å². The fourth-order valence-corrected chi connectivity index (χ4v) is 2.79. The number of fused-ring (bicyclic) bond motifs is 1. The molecule has 0 atom stereocenters. The highest BCUT2D eigenvalue weighted by Crippen LogP contribution is 2.20. The maximum Gasteiger partial charge on any atom is 0.340 e. The summed E-state index contributed by atoms with van der Waals surface area (Å²) < 4.78 is 5.34. The van der Waals surface area contributed by atoms with E-state index in [1.54, 1.807) is 30.5 Å². The third-order valence-electron chi connectivity index (χ3n) is 3.94. The molecule has 2 aromatic carbocycles. The Morgan fingerprint density at radius 3 is 2.71 bits per heavy atom. The first-order chi connectivity index (χ1) is 13.6. The van der Waals surface area contributed by atoms with Crippen LogP contribution in [-0.2, 0) is 11.3 Å². The van der Waals surface area contributed by atoms with Crippen LogP contribution in [0.5, 0.6) is 0 Å². The number of nitrogen functional groups attached to an aromatic ring is 1. The van der Waals surface area contributed by atoms with Crippen LogP contribution >= 0.6 is 11.6 Å². The second kappa shape index (κ2) is 7.53. The van der Waals surface area contributed by atoms with Crippen LogP contribution in [0.2, 0.25) is 5.02 Å². The van der Waals surface area contributed by atoms with E-state index in [2.05, 4.69) is 25.3 Å². The van der Waals surface area contributed by atoms with Gasteiger partial charge in [-0.2, -0.15) is 15.0 Å². The monoisotopic (exact) mass is 394 g/mol. The van der Waals surface area contributed by atoms with E-state index in [-0.39, 0.29) is 24.3 Å². The van der Waals surface area contributed by atoms with Crippen LogP contribution < -0.4 is 11.1 Å². The SMILES string of the molecule is Nc1nc(COC(=O)c2c[nH]c3ccccc23)nc(Nc2ccc(Cl)cc2)n1. The van der Waals surface area contributed by atoms with Gasteiger partial charge in [-0.3, -0.25) is 0 Å². The molecule has 0 bridgehead atoms. The van der Waals surface area contributed by atoms with Crippen molar-refractivity contribution < 1.29 is 9.53 Å². The number of anilines is 3. The summed E-state index contributed by atoms with van der Waals surface area (Å²) in [6, 6.07) is 14.5. The number of esters is 1. The molecule has 4 rings (SSSR count). The largest absolute Gasteiger partial charge is 0.454 e. The summed E-state index contributed by atoms with van der Waals surface area (Å²) in [6.07, 6.45) is 1.61. The number of H-pyrrole nitrogens is 1. The summed E-state index contributed by atoms with van der Waals surface area (Å²) in [5.74, 6) is 0.0124. The summed E-state index contributed by atoms with van der Waals surface area (Å²) in [4.78, 5) is 27.7. The van der Waals surface area contributed by atoms with E-state index in [1.807, 2.05) is 24.3 Å². The Balaban J connectivity index is 1.48. The van der Waals surface area contributed by atoms with Gasteiger partial charge in [0, 0.05) is 27.8 Å². The van der Waals surface area contributed by atoms with Gasteiger partial charge < -0.3 is 20.8 Å². The second-order valence-corrected chi connectivity index (χ2v) is 6.33. The molecule has 0 saturated heterocycles. The van der Waals surface area contributed by atoms with Crippen molar-refractivity contribution in [3.05, 3.63) is 71.1 Å². The molecule has 2 aromatic heterocycles. The quantitative estimate of drug-likeness (QED) is 0.441. The van der Waals surface area contributed by atoms with Crippen LogP contribution in [0.15, 0.2) is 54.7 Å². The number of carbonyl (C=O) groups excluding carboxylic acids is 1. The van der Waals surface area contributed by atoms with Crippen molar-refractivity contribution in [2.24, 2.45) is 0 Å². The van der Waals surface area contributed by atoms with Gasteiger partial charge in [0.15, 0.2) is 12.4 Å². The zero-order chi connectivity index (χ0) is 19.5. The number of hydrogen-bond acceptors (Lipinski definition) is 7. The van der Waals surface area contributed by atoms with Crippen LogP contribution in [0.25, 0.3) is 10.9 Å². The molecule has 0 fully saturated rings. The topological polar surface area (TPSA) is 119 Å². The lowest BCUT2D eigenvalue weighted by atomic mass is 10.2. The molecule has 2 heterocycles. The molecule has 0 unspecified atom stereocenters.